The lowest BCUT2D eigenvalue weighted by Crippen LogP contribution is -2.12. The van der Waals surface area contributed by atoms with E-state index >= 15 is 0 Å². The lowest BCUT2D eigenvalue weighted by atomic mass is 9.95. The maximum Gasteiger partial charge on any atom is 0.416 e. The summed E-state index contributed by atoms with van der Waals surface area (Å²) in [4.78, 5) is 0. The zero-order chi connectivity index (χ0) is 15.5. The Bertz CT molecular complexity index is 588. The molecule has 2 rings (SSSR count). The minimum Gasteiger partial charge on any atom is -0.384 e. The summed E-state index contributed by atoms with van der Waals surface area (Å²) in [5.41, 5.74) is 0.660. The van der Waals surface area contributed by atoms with Crippen LogP contribution in [0, 0.1) is 0 Å². The maximum atomic E-state index is 13.0. The van der Waals surface area contributed by atoms with Gasteiger partial charge in [-0.2, -0.15) is 13.2 Å². The Morgan fingerprint density at radius 1 is 1.00 bits per heavy atom. The summed E-state index contributed by atoms with van der Waals surface area (Å²) in [6.45, 7) is 2.06. The summed E-state index contributed by atoms with van der Waals surface area (Å²) >= 11 is 0. The van der Waals surface area contributed by atoms with Crippen LogP contribution in [0.15, 0.2) is 48.5 Å². The molecule has 0 spiro atoms. The minimum atomic E-state index is -4.47. The smallest absolute Gasteiger partial charge is 0.384 e. The number of halogens is 3. The Morgan fingerprint density at radius 2 is 1.62 bits per heavy atom. The van der Waals surface area contributed by atoms with Gasteiger partial charge in [0, 0.05) is 0 Å². The van der Waals surface area contributed by atoms with Gasteiger partial charge in [0.2, 0.25) is 0 Å². The van der Waals surface area contributed by atoms with Gasteiger partial charge >= 0.3 is 6.18 Å². The summed E-state index contributed by atoms with van der Waals surface area (Å²) in [5.74, 6) is 0. The first-order valence-electron chi connectivity index (χ1n) is 6.86. The Hall–Kier alpha value is -1.81. The fourth-order valence-electron chi connectivity index (χ4n) is 2.33. The van der Waals surface area contributed by atoms with Gasteiger partial charge in [0.1, 0.15) is 6.10 Å². The molecule has 0 bridgehead atoms. The normalized spacial score (nSPS) is 13.2. The summed E-state index contributed by atoms with van der Waals surface area (Å²) in [7, 11) is 0. The van der Waals surface area contributed by atoms with Crippen molar-refractivity contribution in [1.29, 1.82) is 0 Å². The van der Waals surface area contributed by atoms with E-state index in [9.17, 15) is 18.3 Å². The number of aryl methyl sites for hydroxylation is 1. The van der Waals surface area contributed by atoms with Crippen molar-refractivity contribution in [2.24, 2.45) is 0 Å². The first-order chi connectivity index (χ1) is 9.93. The molecule has 1 N–H and O–H groups in total. The zero-order valence-corrected chi connectivity index (χ0v) is 11.7. The molecule has 21 heavy (non-hydrogen) atoms. The number of hydrogen-bond acceptors (Lipinski definition) is 1. The van der Waals surface area contributed by atoms with Crippen LogP contribution in [0.25, 0.3) is 0 Å². The van der Waals surface area contributed by atoms with Crippen LogP contribution in [0.3, 0.4) is 0 Å². The molecule has 112 valence electrons. The van der Waals surface area contributed by atoms with Gasteiger partial charge in [0.25, 0.3) is 0 Å². The van der Waals surface area contributed by atoms with Gasteiger partial charge in [0.15, 0.2) is 0 Å². The molecule has 1 nitrogen and oxygen atoms in total. The fraction of sp³-hybridized carbons (Fsp3) is 0.294. The molecule has 0 aliphatic rings. The van der Waals surface area contributed by atoms with E-state index in [1.165, 1.54) is 18.2 Å². The van der Waals surface area contributed by atoms with E-state index in [1.54, 1.807) is 12.1 Å². The minimum absolute atomic E-state index is 0.117. The lowest BCUT2D eigenvalue weighted by Gasteiger charge is -2.18. The van der Waals surface area contributed by atoms with E-state index in [0.29, 0.717) is 5.56 Å². The number of alkyl halides is 3. The van der Waals surface area contributed by atoms with Gasteiger partial charge in [-0.1, -0.05) is 55.8 Å². The molecule has 0 aliphatic carbocycles. The molecule has 4 heteroatoms. The number of aliphatic hydroxyl groups is 1. The van der Waals surface area contributed by atoms with Crippen LogP contribution in [0.1, 0.15) is 41.7 Å². The predicted octanol–water partition coefficient (Wildman–Crippen LogP) is 4.74. The second-order valence-corrected chi connectivity index (χ2v) is 4.98. The molecule has 0 heterocycles. The van der Waals surface area contributed by atoms with Crippen molar-refractivity contribution >= 4 is 0 Å². The Morgan fingerprint density at radius 3 is 2.19 bits per heavy atom. The molecule has 0 aromatic heterocycles. The van der Waals surface area contributed by atoms with Gasteiger partial charge in [-0.3, -0.25) is 0 Å². The molecule has 0 aliphatic heterocycles. The summed E-state index contributed by atoms with van der Waals surface area (Å²) < 4.78 is 38.9. The largest absolute Gasteiger partial charge is 0.416 e. The third kappa shape index (κ3) is 3.64. The van der Waals surface area contributed by atoms with Crippen LogP contribution in [-0.2, 0) is 12.6 Å². The predicted molar refractivity (Wildman–Crippen MR) is 75.9 cm³/mol. The van der Waals surface area contributed by atoms with Crippen LogP contribution in [-0.4, -0.2) is 5.11 Å². The zero-order valence-electron chi connectivity index (χ0n) is 11.7. The van der Waals surface area contributed by atoms with Crippen molar-refractivity contribution in [3.05, 3.63) is 70.8 Å². The van der Waals surface area contributed by atoms with Crippen LogP contribution < -0.4 is 0 Å². The van der Waals surface area contributed by atoms with E-state index in [0.717, 1.165) is 24.5 Å². The van der Waals surface area contributed by atoms with E-state index in [2.05, 4.69) is 6.92 Å². The molecule has 2 aromatic carbocycles. The average Bonchev–Trinajstić information content (AvgIpc) is 2.47. The highest BCUT2D eigenvalue weighted by molar-refractivity contribution is 5.38. The van der Waals surface area contributed by atoms with Crippen molar-refractivity contribution < 1.29 is 18.3 Å². The van der Waals surface area contributed by atoms with Gasteiger partial charge in [-0.25, -0.2) is 0 Å². The first-order valence-corrected chi connectivity index (χ1v) is 6.86. The molecular weight excluding hydrogens is 277 g/mol. The Labute approximate surface area is 122 Å². The molecule has 0 saturated heterocycles. The fourth-order valence-corrected chi connectivity index (χ4v) is 2.33. The van der Waals surface area contributed by atoms with E-state index in [1.807, 2.05) is 12.1 Å². The molecule has 0 fully saturated rings. The molecule has 1 atom stereocenters. The van der Waals surface area contributed by atoms with Crippen LogP contribution in [0.5, 0.6) is 0 Å². The second-order valence-electron chi connectivity index (χ2n) is 4.98. The SMILES string of the molecule is CCCc1ccc(C(O)c2ccccc2C(F)(F)F)cc1. The topological polar surface area (TPSA) is 20.2 Å². The second kappa shape index (κ2) is 6.31. The van der Waals surface area contributed by atoms with Crippen molar-refractivity contribution in [2.75, 3.05) is 0 Å². The molecule has 0 radical (unpaired) electrons. The summed E-state index contributed by atoms with van der Waals surface area (Å²) in [5, 5.41) is 10.3. The van der Waals surface area contributed by atoms with Crippen molar-refractivity contribution in [1.82, 2.24) is 0 Å². The number of benzene rings is 2. The Balaban J connectivity index is 2.34. The standard InChI is InChI=1S/C17H17F3O/c1-2-5-12-8-10-13(11-9-12)16(21)14-6-3-4-7-15(14)17(18,19)20/h3-4,6-11,16,21H,2,5H2,1H3. The van der Waals surface area contributed by atoms with Crippen LogP contribution in [0.2, 0.25) is 0 Å². The van der Waals surface area contributed by atoms with E-state index in [4.69, 9.17) is 0 Å². The first kappa shape index (κ1) is 15.6. The quantitative estimate of drug-likeness (QED) is 0.863. The van der Waals surface area contributed by atoms with Gasteiger partial charge < -0.3 is 5.11 Å². The lowest BCUT2D eigenvalue weighted by molar-refractivity contribution is -0.139. The average molecular weight is 294 g/mol. The third-order valence-electron chi connectivity index (χ3n) is 3.39. The highest BCUT2D eigenvalue weighted by Crippen LogP contribution is 2.36. The molecular formula is C17H17F3O. The molecule has 2 aromatic rings. The summed E-state index contributed by atoms with van der Waals surface area (Å²) in [6, 6.07) is 12.2. The van der Waals surface area contributed by atoms with Crippen LogP contribution in [0.4, 0.5) is 13.2 Å². The molecule has 0 amide bonds. The third-order valence-corrected chi connectivity index (χ3v) is 3.39. The van der Waals surface area contributed by atoms with Gasteiger partial charge in [-0.05, 0) is 29.2 Å². The number of hydrogen-bond donors (Lipinski definition) is 1. The van der Waals surface area contributed by atoms with Crippen LogP contribution >= 0.6 is 0 Å². The molecule has 0 saturated carbocycles. The maximum absolute atomic E-state index is 13.0. The van der Waals surface area contributed by atoms with Crippen molar-refractivity contribution in [3.63, 3.8) is 0 Å². The molecule has 1 unspecified atom stereocenters. The highest BCUT2D eigenvalue weighted by Gasteiger charge is 2.34. The van der Waals surface area contributed by atoms with Crippen molar-refractivity contribution in [3.8, 4) is 0 Å². The van der Waals surface area contributed by atoms with Crippen molar-refractivity contribution in [2.45, 2.75) is 32.0 Å². The van der Waals surface area contributed by atoms with E-state index in [-0.39, 0.29) is 5.56 Å². The monoisotopic (exact) mass is 294 g/mol. The summed E-state index contributed by atoms with van der Waals surface area (Å²) in [6.07, 6.45) is -3.84. The Kier molecular flexibility index (Phi) is 4.68. The van der Waals surface area contributed by atoms with Gasteiger partial charge in [-0.15, -0.1) is 0 Å². The van der Waals surface area contributed by atoms with E-state index < -0.39 is 17.8 Å². The highest BCUT2D eigenvalue weighted by atomic mass is 19.4. The number of rotatable bonds is 4. The van der Waals surface area contributed by atoms with Gasteiger partial charge in [0.05, 0.1) is 5.56 Å². The number of aliphatic hydroxyl groups excluding tert-OH is 1.